The van der Waals surface area contributed by atoms with Gasteiger partial charge in [0, 0.05) is 28.4 Å². The number of carbonyl (C=O) groups is 3. The first-order valence-corrected chi connectivity index (χ1v) is 14.8. The SMILES string of the molecule is Cc1ccc(N2C(=O)[C@H]3[C@H](c4ccc(Br)cc4)c4sc(=O)n(CC(=O)N5CCOCC5)c4S[C@H]3C2=O)cc1. The average molecular weight is 615 g/mol. The van der Waals surface area contributed by atoms with Gasteiger partial charge in [0.1, 0.15) is 11.8 Å². The van der Waals surface area contributed by atoms with Gasteiger partial charge >= 0.3 is 4.87 Å². The fourth-order valence-electron chi connectivity index (χ4n) is 5.28. The number of thiazole rings is 1. The summed E-state index contributed by atoms with van der Waals surface area (Å²) in [7, 11) is 0. The van der Waals surface area contributed by atoms with E-state index < -0.39 is 17.1 Å². The molecule has 0 unspecified atom stereocenters. The number of nitrogens with zero attached hydrogens (tertiary/aromatic N) is 3. The number of amides is 3. The highest BCUT2D eigenvalue weighted by atomic mass is 79.9. The molecule has 0 spiro atoms. The van der Waals surface area contributed by atoms with E-state index in [9.17, 15) is 19.2 Å². The van der Waals surface area contributed by atoms with Gasteiger partial charge in [0.25, 0.3) is 0 Å². The summed E-state index contributed by atoms with van der Waals surface area (Å²) in [6.07, 6.45) is 0. The Labute approximate surface area is 235 Å². The summed E-state index contributed by atoms with van der Waals surface area (Å²) >= 11 is 5.77. The van der Waals surface area contributed by atoms with E-state index in [1.165, 1.54) is 21.2 Å². The van der Waals surface area contributed by atoms with E-state index in [4.69, 9.17) is 4.74 Å². The fourth-order valence-corrected chi connectivity index (χ4v) is 8.32. The van der Waals surface area contributed by atoms with Crippen LogP contribution in [-0.4, -0.2) is 58.7 Å². The van der Waals surface area contributed by atoms with Crippen LogP contribution in [0.4, 0.5) is 5.69 Å². The summed E-state index contributed by atoms with van der Waals surface area (Å²) in [4.78, 5) is 57.4. The molecule has 2 saturated heterocycles. The van der Waals surface area contributed by atoms with Gasteiger partial charge in [0.2, 0.25) is 17.7 Å². The summed E-state index contributed by atoms with van der Waals surface area (Å²) in [5.74, 6) is -1.87. The molecule has 196 valence electrons. The summed E-state index contributed by atoms with van der Waals surface area (Å²) in [6.45, 7) is 3.75. The van der Waals surface area contributed by atoms with Crippen LogP contribution in [-0.2, 0) is 25.7 Å². The third-order valence-electron chi connectivity index (χ3n) is 7.23. The Balaban J connectivity index is 1.43. The lowest BCUT2D eigenvalue weighted by atomic mass is 9.83. The fraction of sp³-hybridized carbons (Fsp3) is 0.333. The Morgan fingerprint density at radius 3 is 2.37 bits per heavy atom. The summed E-state index contributed by atoms with van der Waals surface area (Å²) in [5, 5.41) is -0.105. The number of carbonyl (C=O) groups excluding carboxylic acids is 3. The molecule has 0 aliphatic carbocycles. The highest BCUT2D eigenvalue weighted by Gasteiger charge is 2.56. The van der Waals surface area contributed by atoms with E-state index in [0.29, 0.717) is 37.0 Å². The Hall–Kier alpha value is -2.73. The zero-order chi connectivity index (χ0) is 26.6. The number of rotatable bonds is 4. The van der Waals surface area contributed by atoms with E-state index in [2.05, 4.69) is 15.9 Å². The van der Waals surface area contributed by atoms with Crippen molar-refractivity contribution in [1.82, 2.24) is 9.47 Å². The zero-order valence-corrected chi connectivity index (χ0v) is 23.7. The van der Waals surface area contributed by atoms with Crippen molar-refractivity contribution >= 4 is 62.4 Å². The molecule has 11 heteroatoms. The van der Waals surface area contributed by atoms with Gasteiger partial charge in [0.05, 0.1) is 29.8 Å². The second-order valence-corrected chi connectivity index (χ2v) is 12.6. The smallest absolute Gasteiger partial charge is 0.308 e. The lowest BCUT2D eigenvalue weighted by Gasteiger charge is -2.31. The first-order chi connectivity index (χ1) is 18.3. The molecule has 3 aliphatic heterocycles. The van der Waals surface area contributed by atoms with Gasteiger partial charge in [-0.1, -0.05) is 68.9 Å². The molecule has 3 aromatic rings. The molecule has 4 heterocycles. The first-order valence-electron chi connectivity index (χ1n) is 12.3. The van der Waals surface area contributed by atoms with Crippen LogP contribution in [0.2, 0.25) is 0 Å². The summed E-state index contributed by atoms with van der Waals surface area (Å²) in [6, 6.07) is 15.0. The highest BCUT2D eigenvalue weighted by Crippen LogP contribution is 2.53. The van der Waals surface area contributed by atoms with Crippen molar-refractivity contribution in [3.63, 3.8) is 0 Å². The van der Waals surface area contributed by atoms with E-state index >= 15 is 0 Å². The summed E-state index contributed by atoms with van der Waals surface area (Å²) in [5.41, 5.74) is 2.42. The van der Waals surface area contributed by atoms with Gasteiger partial charge in [-0.2, -0.15) is 0 Å². The number of hydrogen-bond donors (Lipinski definition) is 0. The molecule has 8 nitrogen and oxygen atoms in total. The third kappa shape index (κ3) is 4.35. The number of imide groups is 1. The molecule has 2 fully saturated rings. The maximum Gasteiger partial charge on any atom is 0.308 e. The molecule has 3 atom stereocenters. The van der Waals surface area contributed by atoms with Crippen LogP contribution in [0, 0.1) is 12.8 Å². The Kier molecular flexibility index (Phi) is 6.79. The molecule has 0 bridgehead atoms. The van der Waals surface area contributed by atoms with Gasteiger partial charge in [-0.25, -0.2) is 4.90 Å². The molecule has 6 rings (SSSR count). The van der Waals surface area contributed by atoms with E-state index in [0.717, 1.165) is 31.8 Å². The number of morpholine rings is 1. The van der Waals surface area contributed by atoms with Crippen molar-refractivity contribution in [3.05, 3.63) is 78.7 Å². The minimum atomic E-state index is -0.705. The number of ether oxygens (including phenoxy) is 1. The number of thioether (sulfide) groups is 1. The van der Waals surface area contributed by atoms with Crippen LogP contribution in [0.15, 0.2) is 62.8 Å². The molecule has 0 radical (unpaired) electrons. The number of halogens is 1. The maximum atomic E-state index is 13.9. The predicted octanol–water partition coefficient (Wildman–Crippen LogP) is 3.64. The first kappa shape index (κ1) is 25.5. The highest BCUT2D eigenvalue weighted by molar-refractivity contribution is 9.10. The summed E-state index contributed by atoms with van der Waals surface area (Å²) < 4.78 is 7.72. The van der Waals surface area contributed by atoms with Crippen molar-refractivity contribution in [3.8, 4) is 0 Å². The molecular formula is C27H24BrN3O5S2. The van der Waals surface area contributed by atoms with Crippen LogP contribution in [0.1, 0.15) is 21.9 Å². The lowest BCUT2D eigenvalue weighted by molar-refractivity contribution is -0.136. The van der Waals surface area contributed by atoms with Gasteiger partial charge in [-0.05, 0) is 36.8 Å². The molecule has 0 saturated carbocycles. The topological polar surface area (TPSA) is 88.9 Å². The van der Waals surface area contributed by atoms with E-state index in [1.807, 2.05) is 43.3 Å². The van der Waals surface area contributed by atoms with Crippen molar-refractivity contribution in [2.75, 3.05) is 31.2 Å². The van der Waals surface area contributed by atoms with Crippen molar-refractivity contribution in [2.24, 2.45) is 5.92 Å². The number of hydrogen-bond acceptors (Lipinski definition) is 7. The maximum absolute atomic E-state index is 13.9. The van der Waals surface area contributed by atoms with E-state index in [-0.39, 0.29) is 29.1 Å². The van der Waals surface area contributed by atoms with Gasteiger partial charge in [-0.15, -0.1) is 0 Å². The molecule has 3 amide bonds. The molecule has 0 N–H and O–H groups in total. The monoisotopic (exact) mass is 613 g/mol. The number of anilines is 1. The standard InChI is InChI=1S/C27H24BrN3O5S2/c1-15-2-8-18(9-3-15)31-24(33)21-20(16-4-6-17(28)7-5-16)23-26(37-22(21)25(31)34)30(27(35)38-23)14-19(32)29-10-12-36-13-11-29/h2-9,20-22H,10-14H2,1H3/t20-,21-,22+/m0/s1. The largest absolute Gasteiger partial charge is 0.378 e. The lowest BCUT2D eigenvalue weighted by Crippen LogP contribution is -2.43. The second kappa shape index (κ2) is 10.1. The Morgan fingerprint density at radius 2 is 1.68 bits per heavy atom. The Morgan fingerprint density at radius 1 is 1.00 bits per heavy atom. The van der Waals surface area contributed by atoms with Crippen molar-refractivity contribution < 1.29 is 19.1 Å². The minimum absolute atomic E-state index is 0.105. The molecule has 1 aromatic heterocycles. The van der Waals surface area contributed by atoms with Crippen molar-refractivity contribution in [1.29, 1.82) is 0 Å². The van der Waals surface area contributed by atoms with Gasteiger partial charge in [-0.3, -0.25) is 23.7 Å². The number of fused-ring (bicyclic) bond motifs is 2. The molecular weight excluding hydrogens is 590 g/mol. The van der Waals surface area contributed by atoms with Crippen LogP contribution in [0.3, 0.4) is 0 Å². The quantitative estimate of drug-likeness (QED) is 0.418. The molecule has 2 aromatic carbocycles. The third-order valence-corrected chi connectivity index (χ3v) is 10.4. The van der Waals surface area contributed by atoms with Crippen LogP contribution in [0.5, 0.6) is 0 Å². The second-order valence-electron chi connectivity index (χ2n) is 9.56. The van der Waals surface area contributed by atoms with Crippen molar-refractivity contribution in [2.45, 2.75) is 29.7 Å². The number of aromatic nitrogens is 1. The normalized spacial score (nSPS) is 22.9. The number of benzene rings is 2. The molecule has 38 heavy (non-hydrogen) atoms. The molecule has 3 aliphatic rings. The van der Waals surface area contributed by atoms with E-state index in [1.54, 1.807) is 17.0 Å². The predicted molar refractivity (Wildman–Crippen MR) is 149 cm³/mol. The minimum Gasteiger partial charge on any atom is -0.378 e. The van der Waals surface area contributed by atoms with Gasteiger partial charge in [0.15, 0.2) is 0 Å². The Bertz CT molecular complexity index is 1480. The van der Waals surface area contributed by atoms with Crippen LogP contribution < -0.4 is 9.77 Å². The zero-order valence-electron chi connectivity index (χ0n) is 20.5. The number of aryl methyl sites for hydroxylation is 1. The van der Waals surface area contributed by atoms with Crippen LogP contribution in [0.25, 0.3) is 0 Å². The average Bonchev–Trinajstić information content (AvgIpc) is 3.36. The van der Waals surface area contributed by atoms with Gasteiger partial charge < -0.3 is 9.64 Å². The van der Waals surface area contributed by atoms with Crippen LogP contribution >= 0.6 is 39.0 Å².